The van der Waals surface area contributed by atoms with Crippen molar-refractivity contribution in [1.29, 1.82) is 0 Å². The van der Waals surface area contributed by atoms with E-state index in [0.717, 1.165) is 16.9 Å². The summed E-state index contributed by atoms with van der Waals surface area (Å²) < 4.78 is 5.71. The van der Waals surface area contributed by atoms with Gasteiger partial charge in [-0.25, -0.2) is 4.98 Å². The van der Waals surface area contributed by atoms with Crippen LogP contribution in [0.5, 0.6) is 5.75 Å². The summed E-state index contributed by atoms with van der Waals surface area (Å²) in [5.74, 6) is 0.385. The second-order valence-electron chi connectivity index (χ2n) is 4.51. The Kier molecular flexibility index (Phi) is 5.05. The lowest BCUT2D eigenvalue weighted by molar-refractivity contribution is -0.122. The molecule has 1 aromatic carbocycles. The molecule has 0 aliphatic heterocycles. The maximum Gasteiger partial charge on any atom is 0.267 e. The summed E-state index contributed by atoms with van der Waals surface area (Å²) >= 11 is 1.13. The third-order valence-electron chi connectivity index (χ3n) is 2.80. The fraction of sp³-hybridized carbons (Fsp3) is 0.267. The van der Waals surface area contributed by atoms with E-state index in [1.807, 2.05) is 38.1 Å². The van der Waals surface area contributed by atoms with Gasteiger partial charge in [0.1, 0.15) is 5.75 Å². The van der Waals surface area contributed by atoms with Gasteiger partial charge in [0.25, 0.3) is 5.91 Å². The number of benzene rings is 1. The Labute approximate surface area is 127 Å². The first-order chi connectivity index (χ1) is 10.1. The standard InChI is InChI=1S/C15H16N2O3S/c1-3-13(20-11-6-4-5-10(2)7-11)14(19)17-15-16-8-12(9-18)21-15/h4-9,13H,3H2,1-2H3,(H,16,17,19)/t13-/m0/s1. The minimum absolute atomic E-state index is 0.272. The van der Waals surface area contributed by atoms with Crippen LogP contribution in [0, 0.1) is 6.92 Å². The smallest absolute Gasteiger partial charge is 0.267 e. The molecule has 0 radical (unpaired) electrons. The van der Waals surface area contributed by atoms with Crippen LogP contribution < -0.4 is 10.1 Å². The Balaban J connectivity index is 2.02. The molecule has 1 atom stereocenters. The molecular weight excluding hydrogens is 288 g/mol. The van der Waals surface area contributed by atoms with Crippen LogP contribution in [0.3, 0.4) is 0 Å². The lowest BCUT2D eigenvalue weighted by atomic mass is 10.2. The van der Waals surface area contributed by atoms with Crippen molar-refractivity contribution >= 4 is 28.7 Å². The third kappa shape index (κ3) is 4.13. The molecule has 1 amide bonds. The molecular formula is C15H16N2O3S. The number of anilines is 1. The number of nitrogens with one attached hydrogen (secondary N) is 1. The molecule has 0 unspecified atom stereocenters. The maximum atomic E-state index is 12.2. The molecule has 0 aliphatic rings. The summed E-state index contributed by atoms with van der Waals surface area (Å²) in [6.45, 7) is 3.84. The van der Waals surface area contributed by atoms with Gasteiger partial charge in [0.05, 0.1) is 11.1 Å². The second kappa shape index (κ2) is 6.99. The molecule has 1 N–H and O–H groups in total. The fourth-order valence-electron chi connectivity index (χ4n) is 1.76. The first-order valence-electron chi connectivity index (χ1n) is 6.57. The van der Waals surface area contributed by atoms with Crippen LogP contribution >= 0.6 is 11.3 Å². The average Bonchev–Trinajstić information content (AvgIpc) is 2.92. The number of aromatic nitrogens is 1. The van der Waals surface area contributed by atoms with E-state index in [0.29, 0.717) is 28.5 Å². The molecule has 0 spiro atoms. The predicted molar refractivity (Wildman–Crippen MR) is 82.0 cm³/mol. The van der Waals surface area contributed by atoms with Crippen molar-refractivity contribution in [2.45, 2.75) is 26.4 Å². The van der Waals surface area contributed by atoms with Crippen LogP contribution in [0.4, 0.5) is 5.13 Å². The summed E-state index contributed by atoms with van der Waals surface area (Å²) in [7, 11) is 0. The zero-order chi connectivity index (χ0) is 15.2. The van der Waals surface area contributed by atoms with E-state index in [1.165, 1.54) is 6.20 Å². The van der Waals surface area contributed by atoms with Gasteiger partial charge in [0.15, 0.2) is 17.5 Å². The molecule has 1 aromatic heterocycles. The van der Waals surface area contributed by atoms with Crippen molar-refractivity contribution in [2.75, 3.05) is 5.32 Å². The van der Waals surface area contributed by atoms with Crippen LogP contribution in [-0.4, -0.2) is 23.3 Å². The lowest BCUT2D eigenvalue weighted by Gasteiger charge is -2.16. The fourth-order valence-corrected chi connectivity index (χ4v) is 2.39. The van der Waals surface area contributed by atoms with Gasteiger partial charge in [0, 0.05) is 0 Å². The lowest BCUT2D eigenvalue weighted by Crippen LogP contribution is -2.32. The van der Waals surface area contributed by atoms with Gasteiger partial charge >= 0.3 is 0 Å². The van der Waals surface area contributed by atoms with Crippen molar-refractivity contribution in [2.24, 2.45) is 0 Å². The van der Waals surface area contributed by atoms with Gasteiger partial charge in [-0.3, -0.25) is 14.9 Å². The van der Waals surface area contributed by atoms with Gasteiger partial charge in [-0.2, -0.15) is 0 Å². The van der Waals surface area contributed by atoms with Crippen molar-refractivity contribution in [1.82, 2.24) is 4.98 Å². The number of thiazole rings is 1. The molecule has 1 heterocycles. The van der Waals surface area contributed by atoms with E-state index in [2.05, 4.69) is 10.3 Å². The van der Waals surface area contributed by atoms with E-state index < -0.39 is 6.10 Å². The number of aldehydes is 1. The zero-order valence-corrected chi connectivity index (χ0v) is 12.6. The zero-order valence-electron chi connectivity index (χ0n) is 11.8. The Morgan fingerprint density at radius 2 is 2.33 bits per heavy atom. The van der Waals surface area contributed by atoms with E-state index in [9.17, 15) is 9.59 Å². The monoisotopic (exact) mass is 304 g/mol. The van der Waals surface area contributed by atoms with Crippen molar-refractivity contribution in [3.63, 3.8) is 0 Å². The first kappa shape index (κ1) is 15.2. The van der Waals surface area contributed by atoms with Gasteiger partial charge in [0.2, 0.25) is 0 Å². The number of carbonyl (C=O) groups excluding carboxylic acids is 2. The third-order valence-corrected chi connectivity index (χ3v) is 3.64. The predicted octanol–water partition coefficient (Wildman–Crippen LogP) is 3.06. The number of hydrogen-bond acceptors (Lipinski definition) is 5. The SMILES string of the molecule is CC[C@H](Oc1cccc(C)c1)C(=O)Nc1ncc(C=O)s1. The highest BCUT2D eigenvalue weighted by Gasteiger charge is 2.19. The number of hydrogen-bond donors (Lipinski definition) is 1. The summed E-state index contributed by atoms with van der Waals surface area (Å²) in [6.07, 6.45) is 2.06. The second-order valence-corrected chi connectivity index (χ2v) is 5.57. The van der Waals surface area contributed by atoms with Gasteiger partial charge in [-0.05, 0) is 31.0 Å². The molecule has 5 nitrogen and oxygen atoms in total. The molecule has 0 aliphatic carbocycles. The molecule has 110 valence electrons. The molecule has 0 saturated carbocycles. The van der Waals surface area contributed by atoms with Gasteiger partial charge < -0.3 is 4.74 Å². The molecule has 2 rings (SSSR count). The minimum Gasteiger partial charge on any atom is -0.481 e. The number of nitrogens with zero attached hydrogens (tertiary/aromatic N) is 1. The number of amides is 1. The van der Waals surface area contributed by atoms with Crippen LogP contribution in [0.25, 0.3) is 0 Å². The van der Waals surface area contributed by atoms with E-state index in [4.69, 9.17) is 4.74 Å². The van der Waals surface area contributed by atoms with Crippen molar-refractivity contribution < 1.29 is 14.3 Å². The molecule has 0 bridgehead atoms. The van der Waals surface area contributed by atoms with Crippen LogP contribution in [0.2, 0.25) is 0 Å². The maximum absolute atomic E-state index is 12.2. The number of carbonyl (C=O) groups is 2. The molecule has 0 saturated heterocycles. The number of ether oxygens (including phenoxy) is 1. The summed E-state index contributed by atoms with van der Waals surface area (Å²) in [5.41, 5.74) is 1.07. The largest absolute Gasteiger partial charge is 0.481 e. The van der Waals surface area contributed by atoms with E-state index >= 15 is 0 Å². The van der Waals surface area contributed by atoms with Crippen LogP contribution in [0.1, 0.15) is 28.6 Å². The Morgan fingerprint density at radius 3 is 2.95 bits per heavy atom. The molecule has 21 heavy (non-hydrogen) atoms. The van der Waals surface area contributed by atoms with Gasteiger partial charge in [-0.1, -0.05) is 30.4 Å². The normalized spacial score (nSPS) is 11.7. The highest BCUT2D eigenvalue weighted by molar-refractivity contribution is 7.17. The van der Waals surface area contributed by atoms with Gasteiger partial charge in [-0.15, -0.1) is 0 Å². The Hall–Kier alpha value is -2.21. The first-order valence-corrected chi connectivity index (χ1v) is 7.39. The number of aryl methyl sites for hydroxylation is 1. The van der Waals surface area contributed by atoms with E-state index in [-0.39, 0.29) is 5.91 Å². The molecule has 6 heteroatoms. The van der Waals surface area contributed by atoms with Crippen LogP contribution in [-0.2, 0) is 4.79 Å². The quantitative estimate of drug-likeness (QED) is 0.833. The van der Waals surface area contributed by atoms with Crippen molar-refractivity contribution in [3.8, 4) is 5.75 Å². The number of rotatable bonds is 6. The van der Waals surface area contributed by atoms with Crippen molar-refractivity contribution in [3.05, 3.63) is 40.9 Å². The average molecular weight is 304 g/mol. The van der Waals surface area contributed by atoms with E-state index in [1.54, 1.807) is 0 Å². The highest BCUT2D eigenvalue weighted by atomic mass is 32.1. The molecule has 2 aromatic rings. The topological polar surface area (TPSA) is 68.3 Å². The van der Waals surface area contributed by atoms with Crippen LogP contribution in [0.15, 0.2) is 30.5 Å². The summed E-state index contributed by atoms with van der Waals surface area (Å²) in [6, 6.07) is 7.54. The molecule has 0 fully saturated rings. The highest BCUT2D eigenvalue weighted by Crippen LogP contribution is 2.19. The Morgan fingerprint density at radius 1 is 1.52 bits per heavy atom. The Bertz CT molecular complexity index is 639. The summed E-state index contributed by atoms with van der Waals surface area (Å²) in [4.78, 5) is 27.2. The minimum atomic E-state index is -0.601. The summed E-state index contributed by atoms with van der Waals surface area (Å²) in [5, 5.41) is 3.06.